The van der Waals surface area contributed by atoms with Crippen molar-refractivity contribution in [3.8, 4) is 11.8 Å². The minimum absolute atomic E-state index is 0.0975. The van der Waals surface area contributed by atoms with E-state index in [-0.39, 0.29) is 23.8 Å². The number of carbonyl (C=O) groups is 3. The Morgan fingerprint density at radius 3 is 2.37 bits per heavy atom. The van der Waals surface area contributed by atoms with Crippen LogP contribution < -0.4 is 20.7 Å². The van der Waals surface area contributed by atoms with Gasteiger partial charge < -0.3 is 20.7 Å². The Balaban J connectivity index is 1.74. The minimum Gasteiger partial charge on any atom is -0.493 e. The number of benzene rings is 3. The van der Waals surface area contributed by atoms with Crippen LogP contribution in [0.4, 0.5) is 0 Å². The predicted octanol–water partition coefficient (Wildman–Crippen LogP) is 5.62. The highest BCUT2D eigenvalue weighted by Gasteiger charge is 2.33. The van der Waals surface area contributed by atoms with Crippen LogP contribution in [0.2, 0.25) is 5.02 Å². The van der Waals surface area contributed by atoms with Crippen molar-refractivity contribution in [2.24, 2.45) is 5.92 Å². The van der Waals surface area contributed by atoms with E-state index in [2.05, 4.69) is 37.9 Å². The fourth-order valence-electron chi connectivity index (χ4n) is 4.67. The van der Waals surface area contributed by atoms with Gasteiger partial charge in [-0.2, -0.15) is 5.26 Å². The molecule has 1 fully saturated rings. The molecule has 212 valence electrons. The van der Waals surface area contributed by atoms with Crippen molar-refractivity contribution in [3.05, 3.63) is 98.5 Å². The maximum absolute atomic E-state index is 13.8. The molecule has 3 aromatic carbocycles. The van der Waals surface area contributed by atoms with Gasteiger partial charge in [-0.3, -0.25) is 14.4 Å². The highest BCUT2D eigenvalue weighted by molar-refractivity contribution is 9.10. The summed E-state index contributed by atoms with van der Waals surface area (Å²) in [5, 5.41) is 18.9. The van der Waals surface area contributed by atoms with Crippen LogP contribution in [0.5, 0.6) is 5.75 Å². The molecule has 1 heterocycles. The first-order valence-electron chi connectivity index (χ1n) is 13.3. The average molecular weight is 638 g/mol. The largest absolute Gasteiger partial charge is 0.493 e. The Morgan fingerprint density at radius 2 is 1.73 bits per heavy atom. The van der Waals surface area contributed by atoms with E-state index in [1.54, 1.807) is 42.5 Å². The number of ether oxygens (including phenoxy) is 1. The summed E-state index contributed by atoms with van der Waals surface area (Å²) in [5.41, 5.74) is 2.10. The molecule has 0 saturated carbocycles. The number of carbonyl (C=O) groups excluding carboxylic acids is 3. The maximum Gasteiger partial charge on any atom is 0.255 e. The van der Waals surface area contributed by atoms with Crippen LogP contribution in [0.15, 0.2) is 71.2 Å². The van der Waals surface area contributed by atoms with Gasteiger partial charge >= 0.3 is 0 Å². The molecule has 1 saturated heterocycles. The lowest BCUT2D eigenvalue weighted by atomic mass is 9.90. The van der Waals surface area contributed by atoms with E-state index in [0.717, 1.165) is 16.5 Å². The van der Waals surface area contributed by atoms with Gasteiger partial charge in [0.2, 0.25) is 11.8 Å². The highest BCUT2D eigenvalue weighted by Crippen LogP contribution is 2.33. The predicted molar refractivity (Wildman–Crippen MR) is 159 cm³/mol. The number of hydrogen-bond donors (Lipinski definition) is 3. The van der Waals surface area contributed by atoms with Crippen LogP contribution in [-0.4, -0.2) is 30.9 Å². The van der Waals surface area contributed by atoms with Gasteiger partial charge in [-0.15, -0.1) is 0 Å². The van der Waals surface area contributed by atoms with Gasteiger partial charge in [-0.1, -0.05) is 58.7 Å². The van der Waals surface area contributed by atoms with E-state index < -0.39 is 23.9 Å². The number of nitriles is 1. The monoisotopic (exact) mass is 636 g/mol. The molecule has 0 aromatic heterocycles. The third-order valence-corrected chi connectivity index (χ3v) is 7.59. The molecule has 0 bridgehead atoms. The first-order valence-corrected chi connectivity index (χ1v) is 14.5. The van der Waals surface area contributed by atoms with E-state index in [0.29, 0.717) is 41.5 Å². The second-order valence-electron chi connectivity index (χ2n) is 9.75. The summed E-state index contributed by atoms with van der Waals surface area (Å²) < 4.78 is 6.68. The molecule has 0 spiro atoms. The van der Waals surface area contributed by atoms with Crippen LogP contribution >= 0.6 is 27.5 Å². The first-order chi connectivity index (χ1) is 19.8. The molecular formula is C31H30BrClN4O4. The number of piperidine rings is 1. The Hall–Kier alpha value is -3.87. The standard InChI is InChI=1S/C31H30BrClN4O4/c1-2-15-41-26-16-19(18-34)3-12-25(26)31(40)37-29(21-6-10-24(33)11-7-21)28(20-4-8-23(32)9-5-20)36-30(39)22-13-14-35-27(38)17-22/h3-12,16,22,28-29H,2,13-15,17H2,1H3,(H,35,38)(H,36,39)(H,37,40). The molecule has 1 aliphatic rings. The zero-order chi connectivity index (χ0) is 29.4. The summed E-state index contributed by atoms with van der Waals surface area (Å²) in [6.45, 7) is 2.75. The molecule has 0 aliphatic carbocycles. The van der Waals surface area contributed by atoms with E-state index >= 15 is 0 Å². The number of halogens is 2. The van der Waals surface area contributed by atoms with E-state index in [1.807, 2.05) is 31.2 Å². The lowest BCUT2D eigenvalue weighted by molar-refractivity contribution is -0.133. The fourth-order valence-corrected chi connectivity index (χ4v) is 5.06. The van der Waals surface area contributed by atoms with Crippen molar-refractivity contribution in [2.75, 3.05) is 13.2 Å². The molecule has 4 rings (SSSR count). The van der Waals surface area contributed by atoms with Gasteiger partial charge in [0.15, 0.2) is 0 Å². The second kappa shape index (κ2) is 14.2. The smallest absolute Gasteiger partial charge is 0.255 e. The van der Waals surface area contributed by atoms with Crippen LogP contribution in [0.3, 0.4) is 0 Å². The molecule has 3 aromatic rings. The zero-order valence-electron chi connectivity index (χ0n) is 22.5. The van der Waals surface area contributed by atoms with Crippen LogP contribution in [0, 0.1) is 17.2 Å². The topological polar surface area (TPSA) is 120 Å². The van der Waals surface area contributed by atoms with Gasteiger partial charge in [-0.05, 0) is 66.4 Å². The molecular weight excluding hydrogens is 608 g/mol. The number of hydrogen-bond acceptors (Lipinski definition) is 5. The van der Waals surface area contributed by atoms with Crippen molar-refractivity contribution >= 4 is 45.3 Å². The lowest BCUT2D eigenvalue weighted by Crippen LogP contribution is -2.45. The van der Waals surface area contributed by atoms with Crippen molar-refractivity contribution in [3.63, 3.8) is 0 Å². The first kappa shape index (κ1) is 30.1. The Morgan fingerprint density at radius 1 is 1.07 bits per heavy atom. The summed E-state index contributed by atoms with van der Waals surface area (Å²) in [6.07, 6.45) is 1.34. The third-order valence-electron chi connectivity index (χ3n) is 6.81. The van der Waals surface area contributed by atoms with Gasteiger partial charge in [0.25, 0.3) is 5.91 Å². The molecule has 41 heavy (non-hydrogen) atoms. The van der Waals surface area contributed by atoms with Gasteiger partial charge in [0, 0.05) is 28.4 Å². The Kier molecular flexibility index (Phi) is 10.4. The number of nitrogens with one attached hydrogen (secondary N) is 3. The zero-order valence-corrected chi connectivity index (χ0v) is 24.8. The van der Waals surface area contributed by atoms with Crippen LogP contribution in [-0.2, 0) is 9.59 Å². The van der Waals surface area contributed by atoms with Crippen molar-refractivity contribution in [1.82, 2.24) is 16.0 Å². The fraction of sp³-hybridized carbons (Fsp3) is 0.290. The third kappa shape index (κ3) is 7.87. The summed E-state index contributed by atoms with van der Waals surface area (Å²) in [4.78, 5) is 39.3. The number of nitrogens with zero attached hydrogens (tertiary/aromatic N) is 1. The minimum atomic E-state index is -0.725. The maximum atomic E-state index is 13.8. The van der Waals surface area contributed by atoms with Gasteiger partial charge in [0.05, 0.1) is 35.9 Å². The molecule has 3 N–H and O–H groups in total. The van der Waals surface area contributed by atoms with Gasteiger partial charge in [0.1, 0.15) is 5.75 Å². The normalized spacial score (nSPS) is 16.0. The van der Waals surface area contributed by atoms with E-state index in [1.165, 1.54) is 0 Å². The quantitative estimate of drug-likeness (QED) is 0.267. The summed E-state index contributed by atoms with van der Waals surface area (Å²) in [6, 6.07) is 19.8. The summed E-state index contributed by atoms with van der Waals surface area (Å²) in [7, 11) is 0. The molecule has 1 aliphatic heterocycles. The van der Waals surface area contributed by atoms with E-state index in [4.69, 9.17) is 16.3 Å². The SMILES string of the molecule is CCCOc1cc(C#N)ccc1C(=O)NC(c1ccc(Cl)cc1)C(NC(=O)C1CCNC(=O)C1)c1ccc(Br)cc1. The van der Waals surface area contributed by atoms with E-state index in [9.17, 15) is 19.6 Å². The average Bonchev–Trinajstić information content (AvgIpc) is 2.98. The van der Waals surface area contributed by atoms with Gasteiger partial charge in [-0.25, -0.2) is 0 Å². The highest BCUT2D eigenvalue weighted by atomic mass is 79.9. The molecule has 8 nitrogen and oxygen atoms in total. The Bertz CT molecular complexity index is 1440. The Labute approximate surface area is 252 Å². The molecule has 3 unspecified atom stereocenters. The molecule has 3 atom stereocenters. The van der Waals surface area contributed by atoms with Crippen LogP contribution in [0.1, 0.15) is 65.3 Å². The number of amides is 3. The number of rotatable bonds is 10. The summed E-state index contributed by atoms with van der Waals surface area (Å²) in [5.74, 6) is -1.06. The molecule has 0 radical (unpaired) electrons. The molecule has 3 amide bonds. The summed E-state index contributed by atoms with van der Waals surface area (Å²) >= 11 is 9.65. The van der Waals surface area contributed by atoms with Crippen molar-refractivity contribution in [2.45, 2.75) is 38.3 Å². The second-order valence-corrected chi connectivity index (χ2v) is 11.1. The van der Waals surface area contributed by atoms with Crippen LogP contribution in [0.25, 0.3) is 0 Å². The van der Waals surface area contributed by atoms with Crippen molar-refractivity contribution in [1.29, 1.82) is 5.26 Å². The molecule has 10 heteroatoms. The van der Waals surface area contributed by atoms with Crippen molar-refractivity contribution < 1.29 is 19.1 Å². The lowest BCUT2D eigenvalue weighted by Gasteiger charge is -2.32.